The predicted molar refractivity (Wildman–Crippen MR) is 68.9 cm³/mol. The molecule has 1 aromatic carbocycles. The molecule has 90 valence electrons. The lowest BCUT2D eigenvalue weighted by molar-refractivity contribution is 0.340. The second-order valence-electron chi connectivity index (χ2n) is 3.66. The second kappa shape index (κ2) is 4.67. The molecule has 1 heterocycles. The summed E-state index contributed by atoms with van der Waals surface area (Å²) in [6.45, 7) is 4.45. The third-order valence-corrected chi connectivity index (χ3v) is 2.90. The Morgan fingerprint density at radius 2 is 2.24 bits per heavy atom. The summed E-state index contributed by atoms with van der Waals surface area (Å²) in [5, 5.41) is 4.89. The van der Waals surface area contributed by atoms with E-state index in [1.807, 2.05) is 13.8 Å². The van der Waals surface area contributed by atoms with Crippen LogP contribution >= 0.6 is 11.6 Å². The van der Waals surface area contributed by atoms with Crippen molar-refractivity contribution in [3.63, 3.8) is 0 Å². The molecule has 4 nitrogen and oxygen atoms in total. The number of nitrogens with zero attached hydrogens (tertiary/aromatic N) is 2. The number of hydrogen-bond acceptors (Lipinski definition) is 3. The standard InChI is InChI=1S/C12H14ClN3O/c1-3-17-9-6-15-16(7-9)12-8(2)10(13)4-5-11(12)14/h4-7H,3,14H2,1-2H3. The van der Waals surface area contributed by atoms with Crippen molar-refractivity contribution >= 4 is 17.3 Å². The number of halogens is 1. The highest BCUT2D eigenvalue weighted by Crippen LogP contribution is 2.28. The summed E-state index contributed by atoms with van der Waals surface area (Å²) in [4.78, 5) is 0. The summed E-state index contributed by atoms with van der Waals surface area (Å²) >= 11 is 6.08. The van der Waals surface area contributed by atoms with Crippen molar-refractivity contribution in [3.05, 3.63) is 35.1 Å². The molecular formula is C12H14ClN3O. The first kappa shape index (κ1) is 11.8. The largest absolute Gasteiger partial charge is 0.491 e. The van der Waals surface area contributed by atoms with E-state index in [0.29, 0.717) is 23.1 Å². The van der Waals surface area contributed by atoms with Gasteiger partial charge in [0.05, 0.1) is 30.4 Å². The fourth-order valence-corrected chi connectivity index (χ4v) is 1.82. The van der Waals surface area contributed by atoms with Crippen LogP contribution in [0.3, 0.4) is 0 Å². The van der Waals surface area contributed by atoms with Gasteiger partial charge < -0.3 is 10.5 Å². The molecule has 0 unspecified atom stereocenters. The molecule has 2 aromatic rings. The second-order valence-corrected chi connectivity index (χ2v) is 4.07. The Morgan fingerprint density at radius 3 is 2.94 bits per heavy atom. The van der Waals surface area contributed by atoms with E-state index in [9.17, 15) is 0 Å². The van der Waals surface area contributed by atoms with Gasteiger partial charge in [0.1, 0.15) is 0 Å². The summed E-state index contributed by atoms with van der Waals surface area (Å²) < 4.78 is 7.04. The molecule has 17 heavy (non-hydrogen) atoms. The summed E-state index contributed by atoms with van der Waals surface area (Å²) in [6, 6.07) is 3.55. The van der Waals surface area contributed by atoms with Gasteiger partial charge in [-0.25, -0.2) is 4.68 Å². The van der Waals surface area contributed by atoms with Crippen molar-refractivity contribution in [2.75, 3.05) is 12.3 Å². The molecular weight excluding hydrogens is 238 g/mol. The van der Waals surface area contributed by atoms with Crippen LogP contribution in [0.25, 0.3) is 5.69 Å². The van der Waals surface area contributed by atoms with Gasteiger partial charge in [0.15, 0.2) is 5.75 Å². The van der Waals surface area contributed by atoms with E-state index in [4.69, 9.17) is 22.1 Å². The van der Waals surface area contributed by atoms with E-state index in [1.165, 1.54) is 0 Å². The number of ether oxygens (including phenoxy) is 1. The molecule has 2 N–H and O–H groups in total. The Hall–Kier alpha value is -1.68. The first-order chi connectivity index (χ1) is 8.13. The van der Waals surface area contributed by atoms with Gasteiger partial charge in [-0.2, -0.15) is 5.10 Å². The van der Waals surface area contributed by atoms with E-state index in [1.54, 1.807) is 29.2 Å². The third-order valence-electron chi connectivity index (χ3n) is 2.50. The van der Waals surface area contributed by atoms with Crippen molar-refractivity contribution in [1.82, 2.24) is 9.78 Å². The number of rotatable bonds is 3. The van der Waals surface area contributed by atoms with E-state index in [2.05, 4.69) is 5.10 Å². The zero-order valence-electron chi connectivity index (χ0n) is 9.77. The molecule has 0 fully saturated rings. The van der Waals surface area contributed by atoms with E-state index in [0.717, 1.165) is 11.3 Å². The molecule has 0 bridgehead atoms. The zero-order chi connectivity index (χ0) is 12.4. The average Bonchev–Trinajstić information content (AvgIpc) is 2.73. The minimum atomic E-state index is 0.607. The van der Waals surface area contributed by atoms with E-state index in [-0.39, 0.29) is 0 Å². The SMILES string of the molecule is CCOc1cnn(-c2c(N)ccc(Cl)c2C)c1. The van der Waals surface area contributed by atoms with Crippen LogP contribution in [0, 0.1) is 6.92 Å². The number of anilines is 1. The van der Waals surface area contributed by atoms with E-state index >= 15 is 0 Å². The molecule has 5 heteroatoms. The Bertz CT molecular complexity index is 537. The highest BCUT2D eigenvalue weighted by molar-refractivity contribution is 6.31. The van der Waals surface area contributed by atoms with E-state index < -0.39 is 0 Å². The average molecular weight is 252 g/mol. The third kappa shape index (κ3) is 2.22. The molecule has 0 spiro atoms. The number of nitrogen functional groups attached to an aromatic ring is 1. The van der Waals surface area contributed by atoms with Crippen LogP contribution in [0.5, 0.6) is 5.75 Å². The van der Waals surface area contributed by atoms with Gasteiger partial charge in [-0.05, 0) is 31.5 Å². The Balaban J connectivity index is 2.48. The summed E-state index contributed by atoms with van der Waals surface area (Å²) in [5.74, 6) is 0.714. The lowest BCUT2D eigenvalue weighted by Gasteiger charge is -2.10. The van der Waals surface area contributed by atoms with Gasteiger partial charge in [-0.3, -0.25) is 0 Å². The Morgan fingerprint density at radius 1 is 1.47 bits per heavy atom. The molecule has 1 aromatic heterocycles. The van der Waals surface area contributed by atoms with Crippen molar-refractivity contribution in [1.29, 1.82) is 0 Å². The molecule has 0 aliphatic rings. The summed E-state index contributed by atoms with van der Waals surface area (Å²) in [5.41, 5.74) is 8.28. The van der Waals surface area contributed by atoms with Gasteiger partial charge in [0.25, 0.3) is 0 Å². The maximum atomic E-state index is 6.08. The van der Waals surface area contributed by atoms with Crippen LogP contribution in [-0.4, -0.2) is 16.4 Å². The van der Waals surface area contributed by atoms with Crippen LogP contribution < -0.4 is 10.5 Å². The Labute approximate surface area is 105 Å². The highest BCUT2D eigenvalue weighted by atomic mass is 35.5. The summed E-state index contributed by atoms with van der Waals surface area (Å²) in [7, 11) is 0. The molecule has 2 rings (SSSR count). The van der Waals surface area contributed by atoms with Crippen molar-refractivity contribution in [2.45, 2.75) is 13.8 Å². The highest BCUT2D eigenvalue weighted by Gasteiger charge is 2.10. The molecule has 0 saturated heterocycles. The fraction of sp³-hybridized carbons (Fsp3) is 0.250. The van der Waals surface area contributed by atoms with Gasteiger partial charge in [-0.15, -0.1) is 0 Å². The normalized spacial score (nSPS) is 10.5. The van der Waals surface area contributed by atoms with Crippen LogP contribution in [0.15, 0.2) is 24.5 Å². The van der Waals surface area contributed by atoms with Gasteiger partial charge in [0.2, 0.25) is 0 Å². The van der Waals surface area contributed by atoms with Crippen molar-refractivity contribution in [2.24, 2.45) is 0 Å². The molecule has 0 aliphatic carbocycles. The fourth-order valence-electron chi connectivity index (χ4n) is 1.67. The number of nitrogens with two attached hydrogens (primary N) is 1. The number of aromatic nitrogens is 2. The minimum absolute atomic E-state index is 0.607. The van der Waals surface area contributed by atoms with Crippen molar-refractivity contribution in [3.8, 4) is 11.4 Å². The quantitative estimate of drug-likeness (QED) is 0.854. The topological polar surface area (TPSA) is 53.1 Å². The first-order valence-corrected chi connectivity index (χ1v) is 5.73. The van der Waals surface area contributed by atoms with Gasteiger partial charge in [-0.1, -0.05) is 11.6 Å². The molecule has 0 radical (unpaired) electrons. The smallest absolute Gasteiger partial charge is 0.157 e. The van der Waals surface area contributed by atoms with Crippen LogP contribution in [0.1, 0.15) is 12.5 Å². The molecule has 0 atom stereocenters. The molecule has 0 aliphatic heterocycles. The lowest BCUT2D eigenvalue weighted by Crippen LogP contribution is -2.03. The molecule has 0 saturated carbocycles. The van der Waals surface area contributed by atoms with Crippen LogP contribution in [-0.2, 0) is 0 Å². The first-order valence-electron chi connectivity index (χ1n) is 5.36. The zero-order valence-corrected chi connectivity index (χ0v) is 10.5. The Kier molecular flexibility index (Phi) is 3.24. The van der Waals surface area contributed by atoms with Gasteiger partial charge >= 0.3 is 0 Å². The van der Waals surface area contributed by atoms with Gasteiger partial charge in [0, 0.05) is 5.02 Å². The maximum Gasteiger partial charge on any atom is 0.157 e. The van der Waals surface area contributed by atoms with Crippen LogP contribution in [0.4, 0.5) is 5.69 Å². The predicted octanol–water partition coefficient (Wildman–Crippen LogP) is 2.82. The monoisotopic (exact) mass is 251 g/mol. The number of hydrogen-bond donors (Lipinski definition) is 1. The molecule has 0 amide bonds. The van der Waals surface area contributed by atoms with Crippen molar-refractivity contribution < 1.29 is 4.74 Å². The lowest BCUT2D eigenvalue weighted by atomic mass is 10.1. The van der Waals surface area contributed by atoms with Crippen LogP contribution in [0.2, 0.25) is 5.02 Å². The number of benzene rings is 1. The minimum Gasteiger partial charge on any atom is -0.491 e. The summed E-state index contributed by atoms with van der Waals surface area (Å²) in [6.07, 6.45) is 3.45. The maximum absolute atomic E-state index is 6.08.